The average Bonchev–Trinajstić information content (AvgIpc) is 3.24. The van der Waals surface area contributed by atoms with Crippen LogP contribution < -0.4 is 5.32 Å². The lowest BCUT2D eigenvalue weighted by Crippen LogP contribution is -2.37. The summed E-state index contributed by atoms with van der Waals surface area (Å²) in [6.45, 7) is 2.22. The Balaban J connectivity index is 1.37. The maximum atomic E-state index is 12.5. The van der Waals surface area contributed by atoms with Gasteiger partial charge in [-0.25, -0.2) is 4.98 Å². The van der Waals surface area contributed by atoms with Gasteiger partial charge in [0.05, 0.1) is 4.91 Å². The number of aromatic nitrogens is 2. The number of carbonyl (C=O) groups excluding carboxylic acids is 3. The number of hydrogen-bond acceptors (Lipinski definition) is 5. The standard InChI is InChI=1S/C21H18N4O3S/c1-14-7-9-24-13-16(23-18(24)11-14)19(26)22-8-10-25-20(27)17(29-21(25)28)12-15-5-3-2-4-6-15/h2-7,9,11-13H,8,10H2,1H3,(H,22,26)/b17-12-. The Bertz CT molecular complexity index is 1140. The van der Waals surface area contributed by atoms with Crippen molar-refractivity contribution in [3.63, 3.8) is 0 Å². The summed E-state index contributed by atoms with van der Waals surface area (Å²) in [4.78, 5) is 42.9. The van der Waals surface area contributed by atoms with E-state index in [0.717, 1.165) is 27.8 Å². The van der Waals surface area contributed by atoms with Crippen molar-refractivity contribution >= 4 is 40.5 Å². The van der Waals surface area contributed by atoms with Crippen molar-refractivity contribution in [1.29, 1.82) is 0 Å². The van der Waals surface area contributed by atoms with Crippen LogP contribution in [0.3, 0.4) is 0 Å². The molecule has 0 spiro atoms. The molecule has 1 N–H and O–H groups in total. The third-order valence-corrected chi connectivity index (χ3v) is 5.35. The van der Waals surface area contributed by atoms with Crippen molar-refractivity contribution in [1.82, 2.24) is 19.6 Å². The van der Waals surface area contributed by atoms with E-state index in [1.807, 2.05) is 55.6 Å². The highest BCUT2D eigenvalue weighted by atomic mass is 32.2. The van der Waals surface area contributed by atoms with E-state index < -0.39 is 0 Å². The van der Waals surface area contributed by atoms with Crippen molar-refractivity contribution in [2.45, 2.75) is 6.92 Å². The molecule has 1 saturated heterocycles. The molecule has 0 radical (unpaired) electrons. The van der Waals surface area contributed by atoms with E-state index >= 15 is 0 Å². The Morgan fingerprint density at radius 3 is 2.79 bits per heavy atom. The van der Waals surface area contributed by atoms with Crippen molar-refractivity contribution in [2.24, 2.45) is 0 Å². The maximum absolute atomic E-state index is 12.5. The summed E-state index contributed by atoms with van der Waals surface area (Å²) in [7, 11) is 0. The number of benzene rings is 1. The van der Waals surface area contributed by atoms with E-state index in [1.54, 1.807) is 16.7 Å². The summed E-state index contributed by atoms with van der Waals surface area (Å²) in [5.74, 6) is -0.695. The van der Waals surface area contributed by atoms with Gasteiger partial charge in [0, 0.05) is 25.5 Å². The number of pyridine rings is 1. The number of imide groups is 1. The van der Waals surface area contributed by atoms with Crippen LogP contribution in [0.1, 0.15) is 21.6 Å². The molecule has 0 atom stereocenters. The van der Waals surface area contributed by atoms with Crippen molar-refractivity contribution in [3.05, 3.63) is 76.6 Å². The Hall–Kier alpha value is -3.39. The lowest BCUT2D eigenvalue weighted by atomic mass is 10.2. The summed E-state index contributed by atoms with van der Waals surface area (Å²) in [6.07, 6.45) is 5.18. The summed E-state index contributed by atoms with van der Waals surface area (Å²) in [5.41, 5.74) is 2.88. The summed E-state index contributed by atoms with van der Waals surface area (Å²) >= 11 is 0.906. The van der Waals surface area contributed by atoms with Crippen molar-refractivity contribution in [2.75, 3.05) is 13.1 Å². The fourth-order valence-electron chi connectivity index (χ4n) is 2.96. The SMILES string of the molecule is Cc1ccn2cc(C(=O)NCCN3C(=O)S/C(=C\c4ccccc4)C3=O)nc2c1. The first-order valence-electron chi connectivity index (χ1n) is 9.05. The lowest BCUT2D eigenvalue weighted by Gasteiger charge is -2.12. The Labute approximate surface area is 171 Å². The summed E-state index contributed by atoms with van der Waals surface area (Å²) in [6, 6.07) is 13.2. The number of imidazole rings is 1. The molecule has 0 aliphatic carbocycles. The Morgan fingerprint density at radius 1 is 1.21 bits per heavy atom. The van der Waals surface area contributed by atoms with E-state index in [9.17, 15) is 14.4 Å². The Morgan fingerprint density at radius 2 is 2.00 bits per heavy atom. The molecule has 1 fully saturated rings. The van der Waals surface area contributed by atoms with Gasteiger partial charge in [0.2, 0.25) is 0 Å². The topological polar surface area (TPSA) is 83.8 Å². The maximum Gasteiger partial charge on any atom is 0.293 e. The van der Waals surface area contributed by atoms with Crippen LogP contribution in [0.4, 0.5) is 4.79 Å². The second-order valence-electron chi connectivity index (χ2n) is 6.60. The van der Waals surface area contributed by atoms with Gasteiger partial charge in [0.1, 0.15) is 11.3 Å². The van der Waals surface area contributed by atoms with Gasteiger partial charge in [0.15, 0.2) is 0 Å². The zero-order valence-electron chi connectivity index (χ0n) is 15.7. The smallest absolute Gasteiger partial charge is 0.293 e. The van der Waals surface area contributed by atoms with Crippen LogP contribution in [0.15, 0.2) is 59.8 Å². The van der Waals surface area contributed by atoms with Gasteiger partial charge in [-0.1, -0.05) is 30.3 Å². The Kier molecular flexibility index (Phi) is 5.18. The van der Waals surface area contributed by atoms with Crippen LogP contribution in [0.5, 0.6) is 0 Å². The zero-order valence-corrected chi connectivity index (χ0v) is 16.5. The molecule has 1 aliphatic rings. The number of carbonyl (C=O) groups is 3. The minimum atomic E-state index is -0.349. The minimum absolute atomic E-state index is 0.106. The number of fused-ring (bicyclic) bond motifs is 1. The molecular weight excluding hydrogens is 388 g/mol. The van der Waals surface area contributed by atoms with Crippen LogP contribution in [0.2, 0.25) is 0 Å². The van der Waals surface area contributed by atoms with Crippen molar-refractivity contribution < 1.29 is 14.4 Å². The highest BCUT2D eigenvalue weighted by molar-refractivity contribution is 8.18. The number of nitrogens with one attached hydrogen (secondary N) is 1. The van der Waals surface area contributed by atoms with Gasteiger partial charge >= 0.3 is 0 Å². The van der Waals surface area contributed by atoms with E-state index in [2.05, 4.69) is 10.3 Å². The monoisotopic (exact) mass is 406 g/mol. The fourth-order valence-corrected chi connectivity index (χ4v) is 3.82. The minimum Gasteiger partial charge on any atom is -0.349 e. The molecule has 0 saturated carbocycles. The molecule has 146 valence electrons. The number of aryl methyl sites for hydroxylation is 1. The molecule has 1 aromatic carbocycles. The lowest BCUT2D eigenvalue weighted by molar-refractivity contribution is -0.122. The van der Waals surface area contributed by atoms with Gasteiger partial charge in [-0.2, -0.15) is 0 Å². The molecular formula is C21H18N4O3S. The zero-order chi connectivity index (χ0) is 20.4. The normalized spacial score (nSPS) is 15.5. The number of hydrogen-bond donors (Lipinski definition) is 1. The number of amides is 3. The quantitative estimate of drug-likeness (QED) is 0.658. The average molecular weight is 406 g/mol. The molecule has 3 amide bonds. The van der Waals surface area contributed by atoms with Crippen LogP contribution in [-0.4, -0.2) is 44.4 Å². The predicted octanol–water partition coefficient (Wildman–Crippen LogP) is 3.11. The molecule has 0 unspecified atom stereocenters. The molecule has 3 heterocycles. The third-order valence-electron chi connectivity index (χ3n) is 4.44. The molecule has 1 aliphatic heterocycles. The van der Waals surface area contributed by atoms with E-state index in [-0.39, 0.29) is 35.8 Å². The fraction of sp³-hybridized carbons (Fsp3) is 0.143. The van der Waals surface area contributed by atoms with Gasteiger partial charge in [-0.3, -0.25) is 19.3 Å². The van der Waals surface area contributed by atoms with Crippen molar-refractivity contribution in [3.8, 4) is 0 Å². The first-order valence-corrected chi connectivity index (χ1v) is 9.87. The number of thioether (sulfide) groups is 1. The van der Waals surface area contributed by atoms with Crippen LogP contribution >= 0.6 is 11.8 Å². The number of nitrogens with zero attached hydrogens (tertiary/aromatic N) is 3. The summed E-state index contributed by atoms with van der Waals surface area (Å²) in [5, 5.41) is 2.38. The molecule has 0 bridgehead atoms. The molecule has 8 heteroatoms. The highest BCUT2D eigenvalue weighted by Gasteiger charge is 2.34. The van der Waals surface area contributed by atoms with E-state index in [0.29, 0.717) is 10.6 Å². The second kappa shape index (κ2) is 7.92. The largest absolute Gasteiger partial charge is 0.349 e. The molecule has 29 heavy (non-hydrogen) atoms. The first-order chi connectivity index (χ1) is 14.0. The number of rotatable bonds is 5. The highest BCUT2D eigenvalue weighted by Crippen LogP contribution is 2.31. The molecule has 7 nitrogen and oxygen atoms in total. The summed E-state index contributed by atoms with van der Waals surface area (Å²) < 4.78 is 1.77. The van der Waals surface area contributed by atoms with E-state index in [1.165, 1.54) is 0 Å². The van der Waals surface area contributed by atoms with Crippen LogP contribution in [0.25, 0.3) is 11.7 Å². The predicted molar refractivity (Wildman–Crippen MR) is 111 cm³/mol. The third kappa shape index (κ3) is 4.07. The van der Waals surface area contributed by atoms with Gasteiger partial charge in [-0.05, 0) is 48.0 Å². The molecule has 4 rings (SSSR count). The van der Waals surface area contributed by atoms with Crippen LogP contribution in [-0.2, 0) is 4.79 Å². The van der Waals surface area contributed by atoms with Gasteiger partial charge < -0.3 is 9.72 Å². The molecule has 3 aromatic rings. The van der Waals surface area contributed by atoms with E-state index in [4.69, 9.17) is 0 Å². The second-order valence-corrected chi connectivity index (χ2v) is 7.59. The van der Waals surface area contributed by atoms with Gasteiger partial charge in [-0.15, -0.1) is 0 Å². The van der Waals surface area contributed by atoms with Gasteiger partial charge in [0.25, 0.3) is 17.1 Å². The first kappa shape index (κ1) is 18.9. The van der Waals surface area contributed by atoms with Crippen LogP contribution in [0, 0.1) is 6.92 Å². The molecule has 2 aromatic heterocycles.